The summed E-state index contributed by atoms with van der Waals surface area (Å²) in [6, 6.07) is 13.4. The molecule has 3 aromatic carbocycles. The van der Waals surface area contributed by atoms with E-state index in [-0.39, 0.29) is 17.3 Å². The number of aromatic nitrogens is 1. The number of alkyl halides is 3. The van der Waals surface area contributed by atoms with E-state index in [1.807, 2.05) is 0 Å². The Balaban J connectivity index is 1.49. The first kappa shape index (κ1) is 26.6. The maximum absolute atomic E-state index is 13.0. The minimum absolute atomic E-state index is 0.00474. The highest BCUT2D eigenvalue weighted by atomic mass is 32.1. The molecule has 0 atom stereocenters. The van der Waals surface area contributed by atoms with Gasteiger partial charge in [0.25, 0.3) is 11.8 Å². The number of nitrogens with one attached hydrogen (secondary N) is 4. The minimum Gasteiger partial charge on any atom is -0.338 e. The lowest BCUT2D eigenvalue weighted by Gasteiger charge is -2.12. The van der Waals surface area contributed by atoms with Crippen LogP contribution in [0.5, 0.6) is 0 Å². The summed E-state index contributed by atoms with van der Waals surface area (Å²) in [5, 5.41) is 10.9. The number of hydrogen-bond donors (Lipinski definition) is 4. The van der Waals surface area contributed by atoms with E-state index in [0.717, 1.165) is 12.1 Å². The molecule has 4 amide bonds. The highest BCUT2D eigenvalue weighted by Gasteiger charge is 2.30. The third-order valence-corrected chi connectivity index (χ3v) is 6.34. The first-order chi connectivity index (χ1) is 18.0. The quantitative estimate of drug-likeness (QED) is 0.231. The van der Waals surface area contributed by atoms with Gasteiger partial charge < -0.3 is 16.0 Å². The number of hydrogen-bond acceptors (Lipinski definition) is 5. The van der Waals surface area contributed by atoms with Crippen molar-refractivity contribution in [1.29, 1.82) is 0 Å². The van der Waals surface area contributed by atoms with Crippen LogP contribution in [-0.4, -0.2) is 29.4 Å². The zero-order chi connectivity index (χ0) is 27.4. The Labute approximate surface area is 219 Å². The summed E-state index contributed by atoms with van der Waals surface area (Å²) in [7, 11) is 0. The number of carbonyl (C=O) groups is 3. The number of fused-ring (bicyclic) bond motifs is 1. The molecule has 196 valence electrons. The number of benzene rings is 3. The summed E-state index contributed by atoms with van der Waals surface area (Å²) < 4.78 is 39.6. The van der Waals surface area contributed by atoms with Gasteiger partial charge in [-0.1, -0.05) is 23.5 Å². The monoisotopic (exact) mass is 541 g/mol. The lowest BCUT2D eigenvalue weighted by atomic mass is 10.1. The topological polar surface area (TPSA) is 112 Å². The van der Waals surface area contributed by atoms with Gasteiger partial charge in [-0.25, -0.2) is 9.78 Å². The average molecular weight is 542 g/mol. The fourth-order valence-electron chi connectivity index (χ4n) is 3.49. The molecule has 0 spiro atoms. The molecule has 0 radical (unpaired) electrons. The third-order valence-electron chi connectivity index (χ3n) is 5.40. The van der Waals surface area contributed by atoms with Crippen molar-refractivity contribution in [2.24, 2.45) is 0 Å². The summed E-state index contributed by atoms with van der Waals surface area (Å²) in [5.74, 6) is -1.06. The smallest absolute Gasteiger partial charge is 0.338 e. The number of thiazole rings is 1. The summed E-state index contributed by atoms with van der Waals surface area (Å²) >= 11 is 1.22. The Morgan fingerprint density at radius 3 is 2.34 bits per heavy atom. The number of amides is 4. The fraction of sp³-hybridized carbons (Fsp3) is 0.154. The molecule has 8 nitrogen and oxygen atoms in total. The van der Waals surface area contributed by atoms with Crippen molar-refractivity contribution in [1.82, 2.24) is 10.3 Å². The molecule has 0 saturated heterocycles. The molecule has 4 N–H and O–H groups in total. The number of rotatable bonds is 6. The number of halogens is 3. The third kappa shape index (κ3) is 6.27. The van der Waals surface area contributed by atoms with Gasteiger partial charge in [-0.15, -0.1) is 0 Å². The Hall–Kier alpha value is -4.45. The zero-order valence-electron chi connectivity index (χ0n) is 20.2. The van der Waals surface area contributed by atoms with Crippen LogP contribution in [0, 0.1) is 6.92 Å². The second-order valence-electron chi connectivity index (χ2n) is 8.20. The van der Waals surface area contributed by atoms with Gasteiger partial charge in [0.15, 0.2) is 5.13 Å². The number of urea groups is 1. The standard InChI is InChI=1S/C26H22F3N5O3S/c1-3-30-24(37)34-25-33-19-10-9-16(12-21(19)38-25)23(36)32-20-11-15(8-7-14(20)2)22(35)31-18-6-4-5-17(13-18)26(27,28)29/h4-13H,3H2,1-2H3,(H,31,35)(H,32,36)(H2,30,33,34,37). The van der Waals surface area contributed by atoms with Gasteiger partial charge in [-0.2, -0.15) is 13.2 Å². The molecule has 0 bridgehead atoms. The largest absolute Gasteiger partial charge is 0.416 e. The second-order valence-corrected chi connectivity index (χ2v) is 9.23. The molecule has 4 aromatic rings. The molecule has 12 heteroatoms. The van der Waals surface area contributed by atoms with Gasteiger partial charge in [0.05, 0.1) is 15.8 Å². The Morgan fingerprint density at radius 1 is 0.895 bits per heavy atom. The van der Waals surface area contributed by atoms with E-state index in [1.165, 1.54) is 35.6 Å². The van der Waals surface area contributed by atoms with Gasteiger partial charge >= 0.3 is 12.2 Å². The Kier molecular flexibility index (Phi) is 7.62. The first-order valence-electron chi connectivity index (χ1n) is 11.4. The maximum Gasteiger partial charge on any atom is 0.416 e. The van der Waals surface area contributed by atoms with Crippen LogP contribution in [-0.2, 0) is 6.18 Å². The minimum atomic E-state index is -4.54. The van der Waals surface area contributed by atoms with E-state index < -0.39 is 23.6 Å². The first-order valence-corrected chi connectivity index (χ1v) is 12.2. The number of aryl methyl sites for hydroxylation is 1. The van der Waals surface area contributed by atoms with E-state index in [2.05, 4.69) is 26.3 Å². The Morgan fingerprint density at radius 2 is 1.61 bits per heavy atom. The normalized spacial score (nSPS) is 11.2. The number of carbonyl (C=O) groups excluding carboxylic acids is 3. The van der Waals surface area contributed by atoms with E-state index in [4.69, 9.17) is 0 Å². The SMILES string of the molecule is CCNC(=O)Nc1nc2ccc(C(=O)Nc3cc(C(=O)Nc4cccc(C(F)(F)F)c4)ccc3C)cc2s1. The van der Waals surface area contributed by atoms with Crippen molar-refractivity contribution in [3.8, 4) is 0 Å². The lowest BCUT2D eigenvalue weighted by molar-refractivity contribution is -0.137. The lowest BCUT2D eigenvalue weighted by Crippen LogP contribution is -2.28. The van der Waals surface area contributed by atoms with Crippen LogP contribution in [0.3, 0.4) is 0 Å². The Bertz CT molecular complexity index is 1530. The van der Waals surface area contributed by atoms with E-state index >= 15 is 0 Å². The van der Waals surface area contributed by atoms with Crippen molar-refractivity contribution in [2.45, 2.75) is 20.0 Å². The predicted molar refractivity (Wildman–Crippen MR) is 141 cm³/mol. The predicted octanol–water partition coefficient (Wildman–Crippen LogP) is 6.27. The molecule has 0 unspecified atom stereocenters. The summed E-state index contributed by atoms with van der Waals surface area (Å²) in [5.41, 5.74) is 1.28. The van der Waals surface area contributed by atoms with Gasteiger partial charge in [0.1, 0.15) is 0 Å². The molecular formula is C26H22F3N5O3S. The average Bonchev–Trinajstić information content (AvgIpc) is 3.26. The van der Waals surface area contributed by atoms with Crippen molar-refractivity contribution < 1.29 is 27.6 Å². The molecule has 38 heavy (non-hydrogen) atoms. The summed E-state index contributed by atoms with van der Waals surface area (Å²) in [4.78, 5) is 41.7. The van der Waals surface area contributed by atoms with Crippen LogP contribution in [0.4, 0.5) is 34.5 Å². The van der Waals surface area contributed by atoms with Gasteiger partial charge in [-0.3, -0.25) is 14.9 Å². The summed E-state index contributed by atoms with van der Waals surface area (Å²) in [6.07, 6.45) is -4.54. The highest BCUT2D eigenvalue weighted by Crippen LogP contribution is 2.31. The number of anilines is 3. The highest BCUT2D eigenvalue weighted by molar-refractivity contribution is 7.22. The molecule has 0 aliphatic rings. The van der Waals surface area contributed by atoms with E-state index in [0.29, 0.717) is 38.7 Å². The van der Waals surface area contributed by atoms with Crippen molar-refractivity contribution in [3.63, 3.8) is 0 Å². The zero-order valence-corrected chi connectivity index (χ0v) is 21.0. The van der Waals surface area contributed by atoms with Crippen molar-refractivity contribution >= 4 is 55.9 Å². The van der Waals surface area contributed by atoms with Crippen LogP contribution in [0.1, 0.15) is 38.8 Å². The second kappa shape index (κ2) is 10.9. The van der Waals surface area contributed by atoms with Crippen LogP contribution in [0.2, 0.25) is 0 Å². The fourth-order valence-corrected chi connectivity index (χ4v) is 4.39. The number of nitrogens with zero attached hydrogens (tertiary/aromatic N) is 1. The van der Waals surface area contributed by atoms with Crippen molar-refractivity contribution in [3.05, 3.63) is 82.9 Å². The van der Waals surface area contributed by atoms with Crippen molar-refractivity contribution in [2.75, 3.05) is 22.5 Å². The van der Waals surface area contributed by atoms with Crippen LogP contribution >= 0.6 is 11.3 Å². The van der Waals surface area contributed by atoms with Gasteiger partial charge in [0, 0.05) is 29.0 Å². The molecule has 0 aliphatic carbocycles. The molecule has 0 aliphatic heterocycles. The van der Waals surface area contributed by atoms with Gasteiger partial charge in [-0.05, 0) is 67.9 Å². The van der Waals surface area contributed by atoms with Crippen LogP contribution in [0.15, 0.2) is 60.7 Å². The molecule has 0 saturated carbocycles. The van der Waals surface area contributed by atoms with Gasteiger partial charge in [0.2, 0.25) is 0 Å². The van der Waals surface area contributed by atoms with E-state index in [1.54, 1.807) is 38.1 Å². The molecule has 1 aromatic heterocycles. The van der Waals surface area contributed by atoms with Crippen LogP contribution < -0.4 is 21.3 Å². The molecular weight excluding hydrogens is 519 g/mol. The van der Waals surface area contributed by atoms with E-state index in [9.17, 15) is 27.6 Å². The maximum atomic E-state index is 13.0. The molecule has 0 fully saturated rings. The molecule has 4 rings (SSSR count). The molecule has 1 heterocycles. The summed E-state index contributed by atoms with van der Waals surface area (Å²) in [6.45, 7) is 4.01. The van der Waals surface area contributed by atoms with Crippen LogP contribution in [0.25, 0.3) is 10.2 Å².